The maximum absolute atomic E-state index is 11.9. The van der Waals surface area contributed by atoms with Gasteiger partial charge in [-0.3, -0.25) is 9.59 Å². The van der Waals surface area contributed by atoms with E-state index in [2.05, 4.69) is 5.32 Å². The Morgan fingerprint density at radius 3 is 2.68 bits per heavy atom. The minimum atomic E-state index is -0.503. The van der Waals surface area contributed by atoms with Gasteiger partial charge in [0, 0.05) is 15.6 Å². The molecule has 7 heteroatoms. The van der Waals surface area contributed by atoms with Gasteiger partial charge in [-0.1, -0.05) is 35.3 Å². The molecule has 0 saturated heterocycles. The number of nitrogens with one attached hydrogen (secondary N) is 1. The van der Waals surface area contributed by atoms with Crippen molar-refractivity contribution in [3.63, 3.8) is 0 Å². The van der Waals surface area contributed by atoms with E-state index in [1.165, 1.54) is 11.8 Å². The number of anilines is 1. The first kappa shape index (κ1) is 19.6. The topological polar surface area (TPSA) is 55.4 Å². The maximum Gasteiger partial charge on any atom is 0.316 e. The van der Waals surface area contributed by atoms with E-state index in [-0.39, 0.29) is 18.3 Å². The lowest BCUT2D eigenvalue weighted by Gasteiger charge is -2.10. The molecule has 132 valence electrons. The van der Waals surface area contributed by atoms with Crippen LogP contribution in [0.3, 0.4) is 0 Å². The van der Waals surface area contributed by atoms with Crippen LogP contribution in [0.4, 0.5) is 5.69 Å². The third-order valence-electron chi connectivity index (χ3n) is 3.48. The molecule has 4 nitrogen and oxygen atoms in total. The van der Waals surface area contributed by atoms with Crippen molar-refractivity contribution < 1.29 is 14.3 Å². The third kappa shape index (κ3) is 5.96. The summed E-state index contributed by atoms with van der Waals surface area (Å²) in [6, 6.07) is 10.6. The highest BCUT2D eigenvalue weighted by Crippen LogP contribution is 2.29. The summed E-state index contributed by atoms with van der Waals surface area (Å²) < 4.78 is 4.99. The van der Waals surface area contributed by atoms with Crippen molar-refractivity contribution in [1.82, 2.24) is 0 Å². The average Bonchev–Trinajstić information content (AvgIpc) is 2.58. The lowest BCUT2D eigenvalue weighted by Crippen LogP contribution is -2.22. The van der Waals surface area contributed by atoms with Gasteiger partial charge >= 0.3 is 5.97 Å². The molecule has 0 spiro atoms. The van der Waals surface area contributed by atoms with E-state index >= 15 is 0 Å². The van der Waals surface area contributed by atoms with Crippen molar-refractivity contribution >= 4 is 52.5 Å². The minimum Gasteiger partial charge on any atom is -0.455 e. The fourth-order valence-corrected chi connectivity index (χ4v) is 3.28. The van der Waals surface area contributed by atoms with Crippen molar-refractivity contribution in [2.75, 3.05) is 17.7 Å². The molecular formula is C18H17Cl2NO3S. The summed E-state index contributed by atoms with van der Waals surface area (Å²) >= 11 is 13.1. The molecule has 1 N–H and O–H groups in total. The van der Waals surface area contributed by atoms with Crippen LogP contribution in [0.1, 0.15) is 11.1 Å². The zero-order chi connectivity index (χ0) is 18.4. The highest BCUT2D eigenvalue weighted by Gasteiger charge is 2.11. The van der Waals surface area contributed by atoms with Crippen LogP contribution in [0.5, 0.6) is 0 Å². The minimum absolute atomic E-state index is 0.0385. The highest BCUT2D eigenvalue weighted by atomic mass is 35.5. The molecule has 0 fully saturated rings. The molecule has 0 radical (unpaired) electrons. The van der Waals surface area contributed by atoms with Gasteiger partial charge in [-0.25, -0.2) is 0 Å². The first-order valence-electron chi connectivity index (χ1n) is 7.46. The van der Waals surface area contributed by atoms with E-state index < -0.39 is 5.97 Å². The molecule has 2 aromatic rings. The van der Waals surface area contributed by atoms with Gasteiger partial charge in [-0.15, -0.1) is 11.8 Å². The molecule has 0 aliphatic heterocycles. The van der Waals surface area contributed by atoms with Gasteiger partial charge in [0.05, 0.1) is 10.8 Å². The fraction of sp³-hybridized carbons (Fsp3) is 0.222. The summed E-state index contributed by atoms with van der Waals surface area (Å²) in [6.45, 7) is 3.54. The predicted molar refractivity (Wildman–Crippen MR) is 103 cm³/mol. The van der Waals surface area contributed by atoms with Crippen molar-refractivity contribution in [1.29, 1.82) is 0 Å². The molecule has 1 amide bonds. The molecule has 0 atom stereocenters. The summed E-state index contributed by atoms with van der Waals surface area (Å²) in [4.78, 5) is 24.4. The zero-order valence-electron chi connectivity index (χ0n) is 13.8. The lowest BCUT2D eigenvalue weighted by molar-refractivity contribution is -0.144. The van der Waals surface area contributed by atoms with Gasteiger partial charge in [0.25, 0.3) is 5.91 Å². The van der Waals surface area contributed by atoms with Crippen LogP contribution in [0.2, 0.25) is 10.0 Å². The first-order chi connectivity index (χ1) is 11.9. The number of thioether (sulfide) groups is 1. The van der Waals surface area contributed by atoms with Crippen LogP contribution in [0, 0.1) is 13.8 Å². The number of ether oxygens (including phenoxy) is 1. The molecule has 0 aliphatic rings. The number of hydrogen-bond acceptors (Lipinski definition) is 4. The van der Waals surface area contributed by atoms with E-state index in [1.807, 2.05) is 26.0 Å². The Bertz CT molecular complexity index is 796. The molecule has 0 bridgehead atoms. The van der Waals surface area contributed by atoms with Gasteiger partial charge < -0.3 is 10.1 Å². The number of carbonyl (C=O) groups is 2. The van der Waals surface area contributed by atoms with Crippen molar-refractivity contribution in [2.45, 2.75) is 18.7 Å². The van der Waals surface area contributed by atoms with Gasteiger partial charge in [-0.05, 0) is 49.2 Å². The number of benzene rings is 2. The smallest absolute Gasteiger partial charge is 0.316 e. The van der Waals surface area contributed by atoms with Gasteiger partial charge in [0.2, 0.25) is 0 Å². The first-order valence-corrected chi connectivity index (χ1v) is 9.20. The quantitative estimate of drug-likeness (QED) is 0.557. The normalized spacial score (nSPS) is 10.4. The second-order valence-corrected chi connectivity index (χ2v) is 7.18. The molecule has 0 aliphatic carbocycles. The van der Waals surface area contributed by atoms with Crippen molar-refractivity contribution in [3.8, 4) is 0 Å². The summed E-state index contributed by atoms with van der Waals surface area (Å²) in [5, 5.41) is 3.78. The Labute approximate surface area is 160 Å². The molecule has 25 heavy (non-hydrogen) atoms. The SMILES string of the molecule is Cc1cccc(NC(=O)COC(=O)CSc2cc(Cl)ccc2Cl)c1C. The second kappa shape index (κ2) is 9.13. The Hall–Kier alpha value is -1.69. The van der Waals surface area contributed by atoms with E-state index in [9.17, 15) is 9.59 Å². The number of aryl methyl sites for hydroxylation is 1. The van der Waals surface area contributed by atoms with E-state index in [0.717, 1.165) is 11.1 Å². The number of rotatable bonds is 6. The zero-order valence-corrected chi connectivity index (χ0v) is 16.1. The largest absolute Gasteiger partial charge is 0.455 e. The predicted octanol–water partition coefficient (Wildman–Crippen LogP) is 4.88. The summed E-state index contributed by atoms with van der Waals surface area (Å²) in [5.74, 6) is -0.846. The van der Waals surface area contributed by atoms with Crippen LogP contribution < -0.4 is 5.32 Å². The molecule has 0 unspecified atom stereocenters. The number of carbonyl (C=O) groups excluding carboxylic acids is 2. The standard InChI is InChI=1S/C18H17Cl2NO3S/c1-11-4-3-5-15(12(11)2)21-17(22)9-24-18(23)10-25-16-8-13(19)6-7-14(16)20/h3-8H,9-10H2,1-2H3,(H,21,22). The van der Waals surface area contributed by atoms with Crippen LogP contribution in [0.25, 0.3) is 0 Å². The number of esters is 1. The lowest BCUT2D eigenvalue weighted by atomic mass is 10.1. The summed E-state index contributed by atoms with van der Waals surface area (Å²) in [5.41, 5.74) is 2.76. The van der Waals surface area contributed by atoms with Gasteiger partial charge in [0.1, 0.15) is 0 Å². The van der Waals surface area contributed by atoms with E-state index in [4.69, 9.17) is 27.9 Å². The Balaban J connectivity index is 1.80. The molecule has 2 aromatic carbocycles. The summed E-state index contributed by atoms with van der Waals surface area (Å²) in [7, 11) is 0. The Morgan fingerprint density at radius 2 is 1.92 bits per heavy atom. The fourth-order valence-electron chi connectivity index (χ4n) is 1.98. The monoisotopic (exact) mass is 397 g/mol. The summed E-state index contributed by atoms with van der Waals surface area (Å²) in [6.07, 6.45) is 0. The average molecular weight is 398 g/mol. The third-order valence-corrected chi connectivity index (χ3v) is 5.19. The number of halogens is 2. The highest BCUT2D eigenvalue weighted by molar-refractivity contribution is 8.00. The molecular weight excluding hydrogens is 381 g/mol. The van der Waals surface area contributed by atoms with Crippen LogP contribution in [-0.4, -0.2) is 24.2 Å². The molecule has 0 saturated carbocycles. The van der Waals surface area contributed by atoms with Crippen LogP contribution in [-0.2, 0) is 14.3 Å². The number of hydrogen-bond donors (Lipinski definition) is 1. The molecule has 2 rings (SSSR count). The Morgan fingerprint density at radius 1 is 1.16 bits per heavy atom. The maximum atomic E-state index is 11.9. The van der Waals surface area contributed by atoms with Gasteiger partial charge in [0.15, 0.2) is 6.61 Å². The van der Waals surface area contributed by atoms with E-state index in [0.29, 0.717) is 20.6 Å². The van der Waals surface area contributed by atoms with Crippen LogP contribution in [0.15, 0.2) is 41.3 Å². The van der Waals surface area contributed by atoms with Crippen molar-refractivity contribution in [3.05, 3.63) is 57.6 Å². The van der Waals surface area contributed by atoms with Crippen LogP contribution >= 0.6 is 35.0 Å². The Kier molecular flexibility index (Phi) is 7.17. The number of amides is 1. The van der Waals surface area contributed by atoms with Gasteiger partial charge in [-0.2, -0.15) is 0 Å². The van der Waals surface area contributed by atoms with Crippen molar-refractivity contribution in [2.24, 2.45) is 0 Å². The van der Waals surface area contributed by atoms with E-state index in [1.54, 1.807) is 24.3 Å². The molecule has 0 aromatic heterocycles. The second-order valence-electron chi connectivity index (χ2n) is 5.32. The molecule has 0 heterocycles.